The van der Waals surface area contributed by atoms with Crippen molar-refractivity contribution < 1.29 is 4.79 Å². The number of hydrogen-bond acceptors (Lipinski definition) is 3. The zero-order valence-corrected chi connectivity index (χ0v) is 10.7. The number of benzene rings is 1. The van der Waals surface area contributed by atoms with Crippen molar-refractivity contribution >= 4 is 30.0 Å². The maximum Gasteiger partial charge on any atom is 0.324 e. The number of carbonyl (C=O) groups is 1. The second-order valence-electron chi connectivity index (χ2n) is 3.99. The molecule has 0 radical (unpaired) electrons. The van der Waals surface area contributed by atoms with E-state index in [0.717, 1.165) is 24.2 Å². The van der Waals surface area contributed by atoms with E-state index in [2.05, 4.69) is 30.2 Å². The van der Waals surface area contributed by atoms with Crippen LogP contribution in [-0.4, -0.2) is 18.1 Å². The summed E-state index contributed by atoms with van der Waals surface area (Å²) in [4.78, 5) is 13.7. The molecule has 17 heavy (non-hydrogen) atoms. The van der Waals surface area contributed by atoms with E-state index >= 15 is 0 Å². The van der Waals surface area contributed by atoms with Gasteiger partial charge in [-0.25, -0.2) is 4.79 Å². The summed E-state index contributed by atoms with van der Waals surface area (Å²) in [6, 6.07) is 7.61. The van der Waals surface area contributed by atoms with E-state index in [4.69, 9.17) is 0 Å². The number of anilines is 2. The number of nitrogens with one attached hydrogen (secondary N) is 2. The Morgan fingerprint density at radius 1 is 1.53 bits per heavy atom. The number of unbranched alkanes of at least 4 members (excludes halogenated alkanes) is 1. The summed E-state index contributed by atoms with van der Waals surface area (Å²) >= 11 is 4.37. The first-order valence-electron chi connectivity index (χ1n) is 5.84. The minimum absolute atomic E-state index is 0.101. The van der Waals surface area contributed by atoms with Gasteiger partial charge in [0.1, 0.15) is 0 Å². The third-order valence-electron chi connectivity index (χ3n) is 2.72. The quantitative estimate of drug-likeness (QED) is 0.571. The van der Waals surface area contributed by atoms with Gasteiger partial charge < -0.3 is 10.6 Å². The lowest BCUT2D eigenvalue weighted by Gasteiger charge is -2.21. The number of urea groups is 1. The van der Waals surface area contributed by atoms with Crippen molar-refractivity contribution in [2.75, 3.05) is 16.8 Å². The highest BCUT2D eigenvalue weighted by Gasteiger charge is 2.30. The number of thiol groups is 1. The molecule has 1 aromatic rings. The zero-order chi connectivity index (χ0) is 12.3. The largest absolute Gasteiger partial charge is 0.355 e. The lowest BCUT2D eigenvalue weighted by atomic mass is 10.3. The predicted molar refractivity (Wildman–Crippen MR) is 73.6 cm³/mol. The second-order valence-corrected chi connectivity index (χ2v) is 4.48. The summed E-state index contributed by atoms with van der Waals surface area (Å²) in [5, 5.41) is 6.04. The molecular weight excluding hydrogens is 234 g/mol. The molecule has 0 aliphatic carbocycles. The second kappa shape index (κ2) is 5.31. The van der Waals surface area contributed by atoms with Gasteiger partial charge in [-0.05, 0) is 18.6 Å². The van der Waals surface area contributed by atoms with E-state index in [1.807, 2.05) is 24.3 Å². The fourth-order valence-electron chi connectivity index (χ4n) is 1.82. The summed E-state index contributed by atoms with van der Waals surface area (Å²) in [5.41, 5.74) is 1.52. The zero-order valence-electron chi connectivity index (χ0n) is 9.81. The van der Waals surface area contributed by atoms with Crippen LogP contribution in [-0.2, 0) is 0 Å². The van der Waals surface area contributed by atoms with Gasteiger partial charge in [-0.1, -0.05) is 25.5 Å². The van der Waals surface area contributed by atoms with E-state index in [-0.39, 0.29) is 11.5 Å². The molecule has 2 rings (SSSR count). The van der Waals surface area contributed by atoms with Gasteiger partial charge in [-0.3, -0.25) is 4.90 Å². The normalized spacial score (nSPS) is 17.5. The molecule has 92 valence electrons. The Balaban J connectivity index is 2.08. The summed E-state index contributed by atoms with van der Waals surface area (Å²) in [7, 11) is 0. The van der Waals surface area contributed by atoms with Gasteiger partial charge in [0.2, 0.25) is 0 Å². The van der Waals surface area contributed by atoms with Crippen molar-refractivity contribution in [3.05, 3.63) is 24.3 Å². The summed E-state index contributed by atoms with van der Waals surface area (Å²) in [6.07, 6.45) is 2.06. The maximum atomic E-state index is 12.0. The monoisotopic (exact) mass is 251 g/mol. The number of para-hydroxylation sites is 2. The highest BCUT2D eigenvalue weighted by atomic mass is 32.1. The van der Waals surface area contributed by atoms with Gasteiger partial charge >= 0.3 is 6.03 Å². The molecule has 1 aromatic carbocycles. The Hall–Kier alpha value is -1.36. The minimum atomic E-state index is -0.297. The molecule has 1 aliphatic heterocycles. The van der Waals surface area contributed by atoms with E-state index in [9.17, 15) is 4.79 Å². The molecule has 0 aromatic heterocycles. The number of fused-ring (bicyclic) bond motifs is 1. The fraction of sp³-hybridized carbons (Fsp3) is 0.417. The van der Waals surface area contributed by atoms with Crippen molar-refractivity contribution in [1.29, 1.82) is 0 Å². The third-order valence-corrected chi connectivity index (χ3v) is 3.08. The number of hydrogen-bond donors (Lipinski definition) is 3. The van der Waals surface area contributed by atoms with Gasteiger partial charge in [0.15, 0.2) is 5.50 Å². The Kier molecular flexibility index (Phi) is 3.78. The molecule has 1 heterocycles. The van der Waals surface area contributed by atoms with Crippen LogP contribution in [0.4, 0.5) is 16.2 Å². The van der Waals surface area contributed by atoms with Crippen LogP contribution >= 0.6 is 12.6 Å². The van der Waals surface area contributed by atoms with Crippen LogP contribution in [0, 0.1) is 0 Å². The Morgan fingerprint density at radius 2 is 2.29 bits per heavy atom. The topological polar surface area (TPSA) is 44.4 Å². The molecular formula is C12H17N3OS. The van der Waals surface area contributed by atoms with Crippen LogP contribution in [0.2, 0.25) is 0 Å². The average Bonchev–Trinajstić information content (AvgIpc) is 2.65. The summed E-state index contributed by atoms with van der Waals surface area (Å²) in [5.74, 6) is 0. The summed E-state index contributed by atoms with van der Waals surface area (Å²) < 4.78 is 0. The number of nitrogens with zero attached hydrogens (tertiary/aromatic N) is 1. The van der Waals surface area contributed by atoms with Gasteiger partial charge in [0.25, 0.3) is 0 Å². The molecule has 1 atom stereocenters. The SMILES string of the molecule is CCCCNC(=O)N1c2ccccc2NC1S. The van der Waals surface area contributed by atoms with Crippen molar-refractivity contribution in [2.24, 2.45) is 0 Å². The van der Waals surface area contributed by atoms with Crippen LogP contribution in [0.15, 0.2) is 24.3 Å². The molecule has 1 aliphatic rings. The maximum absolute atomic E-state index is 12.0. The molecule has 2 amide bonds. The van der Waals surface area contributed by atoms with Crippen LogP contribution in [0.5, 0.6) is 0 Å². The molecule has 4 nitrogen and oxygen atoms in total. The lowest BCUT2D eigenvalue weighted by molar-refractivity contribution is 0.246. The molecule has 0 saturated carbocycles. The first-order valence-corrected chi connectivity index (χ1v) is 6.36. The first-order chi connectivity index (χ1) is 8.24. The number of rotatable bonds is 3. The highest BCUT2D eigenvalue weighted by Crippen LogP contribution is 2.35. The van der Waals surface area contributed by atoms with Crippen molar-refractivity contribution in [3.8, 4) is 0 Å². The van der Waals surface area contributed by atoms with E-state index in [1.54, 1.807) is 4.90 Å². The summed E-state index contributed by atoms with van der Waals surface area (Å²) in [6.45, 7) is 2.80. The highest BCUT2D eigenvalue weighted by molar-refractivity contribution is 7.81. The molecule has 0 bridgehead atoms. The standard InChI is InChI=1S/C12H17N3OS/c1-2-3-8-13-11(16)15-10-7-5-4-6-9(10)14-12(15)17/h4-7,12,14,17H,2-3,8H2,1H3,(H,13,16). The van der Waals surface area contributed by atoms with Gasteiger partial charge in [-0.2, -0.15) is 0 Å². The van der Waals surface area contributed by atoms with E-state index in [0.29, 0.717) is 6.54 Å². The molecule has 5 heteroatoms. The van der Waals surface area contributed by atoms with E-state index in [1.165, 1.54) is 0 Å². The van der Waals surface area contributed by atoms with Crippen molar-refractivity contribution in [3.63, 3.8) is 0 Å². The number of amides is 2. The van der Waals surface area contributed by atoms with Crippen LogP contribution in [0.1, 0.15) is 19.8 Å². The van der Waals surface area contributed by atoms with Crippen LogP contribution in [0.25, 0.3) is 0 Å². The van der Waals surface area contributed by atoms with Crippen molar-refractivity contribution in [2.45, 2.75) is 25.3 Å². The van der Waals surface area contributed by atoms with Crippen LogP contribution in [0.3, 0.4) is 0 Å². The number of carbonyl (C=O) groups excluding carboxylic acids is 1. The Bertz CT molecular complexity index is 410. The van der Waals surface area contributed by atoms with Gasteiger partial charge in [-0.15, -0.1) is 12.6 Å². The van der Waals surface area contributed by atoms with Crippen molar-refractivity contribution in [1.82, 2.24) is 5.32 Å². The minimum Gasteiger partial charge on any atom is -0.355 e. The predicted octanol–water partition coefficient (Wildman–Crippen LogP) is 2.64. The smallest absolute Gasteiger partial charge is 0.324 e. The first kappa shape index (κ1) is 12.1. The van der Waals surface area contributed by atoms with E-state index < -0.39 is 0 Å². The van der Waals surface area contributed by atoms with Gasteiger partial charge in [0, 0.05) is 6.54 Å². The molecule has 2 N–H and O–H groups in total. The lowest BCUT2D eigenvalue weighted by Crippen LogP contribution is -2.44. The molecule has 0 spiro atoms. The third kappa shape index (κ3) is 2.49. The Labute approximate surface area is 107 Å². The van der Waals surface area contributed by atoms with Crippen LogP contribution < -0.4 is 15.5 Å². The fourth-order valence-corrected chi connectivity index (χ4v) is 2.19. The average molecular weight is 251 g/mol. The molecule has 0 saturated heterocycles. The molecule has 1 unspecified atom stereocenters. The van der Waals surface area contributed by atoms with Gasteiger partial charge in [0.05, 0.1) is 11.4 Å². The Morgan fingerprint density at radius 3 is 3.06 bits per heavy atom. The molecule has 0 fully saturated rings.